The lowest BCUT2D eigenvalue weighted by Crippen LogP contribution is -2.45. The molecule has 1 aliphatic rings. The Morgan fingerprint density at radius 1 is 1.04 bits per heavy atom. The van der Waals surface area contributed by atoms with E-state index in [4.69, 9.17) is 4.52 Å². The highest BCUT2D eigenvalue weighted by atomic mass is 19.1. The molecule has 0 saturated carbocycles. The van der Waals surface area contributed by atoms with Crippen molar-refractivity contribution < 1.29 is 8.91 Å². The van der Waals surface area contributed by atoms with Crippen LogP contribution in [0.5, 0.6) is 0 Å². The molecule has 1 aromatic carbocycles. The van der Waals surface area contributed by atoms with Gasteiger partial charge >= 0.3 is 0 Å². The number of pyridine rings is 1. The SMILES string of the molecule is Cc1cccnc1CN1CCN(Cc2noc3cc(F)ccc23)CC1. The lowest BCUT2D eigenvalue weighted by Gasteiger charge is -2.34. The minimum atomic E-state index is -0.298. The largest absolute Gasteiger partial charge is 0.356 e. The number of aryl methyl sites for hydroxylation is 1. The molecule has 1 aliphatic heterocycles. The summed E-state index contributed by atoms with van der Waals surface area (Å²) in [7, 11) is 0. The van der Waals surface area contributed by atoms with Gasteiger partial charge in [0.15, 0.2) is 5.58 Å². The Morgan fingerprint density at radius 2 is 1.76 bits per heavy atom. The molecule has 6 heteroatoms. The van der Waals surface area contributed by atoms with E-state index in [1.807, 2.05) is 12.3 Å². The lowest BCUT2D eigenvalue weighted by atomic mass is 10.2. The van der Waals surface area contributed by atoms with Crippen LogP contribution in [0.4, 0.5) is 4.39 Å². The second-order valence-electron chi connectivity index (χ2n) is 6.59. The average Bonchev–Trinajstić information content (AvgIpc) is 3.00. The van der Waals surface area contributed by atoms with Crippen LogP contribution in [0.3, 0.4) is 0 Å². The first-order valence-corrected chi connectivity index (χ1v) is 8.58. The monoisotopic (exact) mass is 340 g/mol. The molecular formula is C19H21FN4O. The molecular weight excluding hydrogens is 319 g/mol. The van der Waals surface area contributed by atoms with Crippen LogP contribution in [-0.4, -0.2) is 46.1 Å². The highest BCUT2D eigenvalue weighted by molar-refractivity contribution is 5.79. The van der Waals surface area contributed by atoms with Gasteiger partial charge in [0, 0.05) is 56.9 Å². The summed E-state index contributed by atoms with van der Waals surface area (Å²) >= 11 is 0. The number of hydrogen-bond donors (Lipinski definition) is 0. The van der Waals surface area contributed by atoms with E-state index < -0.39 is 0 Å². The maximum absolute atomic E-state index is 13.2. The fourth-order valence-corrected chi connectivity index (χ4v) is 3.29. The fraction of sp³-hybridized carbons (Fsp3) is 0.368. The van der Waals surface area contributed by atoms with E-state index >= 15 is 0 Å². The summed E-state index contributed by atoms with van der Waals surface area (Å²) in [4.78, 5) is 9.28. The number of fused-ring (bicyclic) bond motifs is 1. The molecule has 3 aromatic rings. The quantitative estimate of drug-likeness (QED) is 0.731. The van der Waals surface area contributed by atoms with Gasteiger partial charge in [0.2, 0.25) is 0 Å². The third-order valence-corrected chi connectivity index (χ3v) is 4.84. The zero-order valence-corrected chi connectivity index (χ0v) is 14.3. The first-order chi connectivity index (χ1) is 12.2. The van der Waals surface area contributed by atoms with E-state index in [9.17, 15) is 4.39 Å². The van der Waals surface area contributed by atoms with Crippen LogP contribution < -0.4 is 0 Å². The zero-order valence-electron chi connectivity index (χ0n) is 14.3. The molecule has 1 fully saturated rings. The molecule has 1 saturated heterocycles. The van der Waals surface area contributed by atoms with E-state index in [0.717, 1.165) is 56.0 Å². The van der Waals surface area contributed by atoms with E-state index in [2.05, 4.69) is 32.9 Å². The molecule has 0 spiro atoms. The van der Waals surface area contributed by atoms with Crippen molar-refractivity contribution in [3.8, 4) is 0 Å². The predicted molar refractivity (Wildman–Crippen MR) is 93.5 cm³/mol. The van der Waals surface area contributed by atoms with Crippen LogP contribution in [0.2, 0.25) is 0 Å². The normalized spacial score (nSPS) is 16.6. The predicted octanol–water partition coefficient (Wildman–Crippen LogP) is 2.99. The van der Waals surface area contributed by atoms with E-state index in [1.54, 1.807) is 6.07 Å². The van der Waals surface area contributed by atoms with Crippen molar-refractivity contribution >= 4 is 11.0 Å². The van der Waals surface area contributed by atoms with Gasteiger partial charge in [-0.2, -0.15) is 0 Å². The maximum Gasteiger partial charge on any atom is 0.170 e. The van der Waals surface area contributed by atoms with Crippen LogP contribution in [0.15, 0.2) is 41.1 Å². The van der Waals surface area contributed by atoms with Crippen molar-refractivity contribution in [2.45, 2.75) is 20.0 Å². The number of nitrogens with zero attached hydrogens (tertiary/aromatic N) is 4. The van der Waals surface area contributed by atoms with Gasteiger partial charge in [0.05, 0.1) is 5.69 Å². The van der Waals surface area contributed by atoms with Crippen LogP contribution in [0.1, 0.15) is 17.0 Å². The molecule has 0 N–H and O–H groups in total. The number of benzene rings is 1. The molecule has 0 atom stereocenters. The number of piperazine rings is 1. The van der Waals surface area contributed by atoms with Gasteiger partial charge in [-0.1, -0.05) is 11.2 Å². The van der Waals surface area contributed by atoms with Gasteiger partial charge in [-0.15, -0.1) is 0 Å². The smallest absolute Gasteiger partial charge is 0.170 e. The highest BCUT2D eigenvalue weighted by Crippen LogP contribution is 2.21. The highest BCUT2D eigenvalue weighted by Gasteiger charge is 2.20. The maximum atomic E-state index is 13.2. The van der Waals surface area contributed by atoms with Gasteiger partial charge in [-0.3, -0.25) is 14.8 Å². The number of halogens is 1. The van der Waals surface area contributed by atoms with E-state index in [-0.39, 0.29) is 5.82 Å². The van der Waals surface area contributed by atoms with Crippen molar-refractivity contribution in [2.75, 3.05) is 26.2 Å². The first-order valence-electron chi connectivity index (χ1n) is 8.58. The zero-order chi connectivity index (χ0) is 17.2. The summed E-state index contributed by atoms with van der Waals surface area (Å²) in [5, 5.41) is 5.02. The lowest BCUT2D eigenvalue weighted by molar-refractivity contribution is 0.119. The standard InChI is InChI=1S/C19H21FN4O/c1-14-3-2-6-21-17(14)12-23-7-9-24(10-8-23)13-18-16-5-4-15(20)11-19(16)25-22-18/h2-6,11H,7-10,12-13H2,1H3. The number of hydrogen-bond acceptors (Lipinski definition) is 5. The Bertz CT molecular complexity index is 871. The summed E-state index contributed by atoms with van der Waals surface area (Å²) in [5.74, 6) is -0.298. The van der Waals surface area contributed by atoms with Gasteiger partial charge in [-0.05, 0) is 30.7 Å². The molecule has 4 rings (SSSR count). The summed E-state index contributed by atoms with van der Waals surface area (Å²) in [6.07, 6.45) is 1.86. The second kappa shape index (κ2) is 6.90. The van der Waals surface area contributed by atoms with Gasteiger partial charge in [0.25, 0.3) is 0 Å². The van der Waals surface area contributed by atoms with Crippen LogP contribution >= 0.6 is 0 Å². The van der Waals surface area contributed by atoms with E-state index in [1.165, 1.54) is 17.7 Å². The van der Waals surface area contributed by atoms with Crippen LogP contribution in [0, 0.1) is 12.7 Å². The Balaban J connectivity index is 1.36. The second-order valence-corrected chi connectivity index (χ2v) is 6.59. The Kier molecular flexibility index (Phi) is 4.46. The van der Waals surface area contributed by atoms with Crippen molar-refractivity contribution in [1.29, 1.82) is 0 Å². The van der Waals surface area contributed by atoms with E-state index in [0.29, 0.717) is 5.58 Å². The van der Waals surface area contributed by atoms with Gasteiger partial charge < -0.3 is 4.52 Å². The molecule has 5 nitrogen and oxygen atoms in total. The Labute approximate surface area is 146 Å². The molecule has 25 heavy (non-hydrogen) atoms. The molecule has 130 valence electrons. The molecule has 0 bridgehead atoms. The Hall–Kier alpha value is -2.31. The summed E-state index contributed by atoms with van der Waals surface area (Å²) < 4.78 is 18.5. The topological polar surface area (TPSA) is 45.4 Å². The van der Waals surface area contributed by atoms with Crippen LogP contribution in [0.25, 0.3) is 11.0 Å². The molecule has 0 radical (unpaired) electrons. The molecule has 0 amide bonds. The average molecular weight is 340 g/mol. The first kappa shape index (κ1) is 16.2. The molecule has 3 heterocycles. The fourth-order valence-electron chi connectivity index (χ4n) is 3.29. The van der Waals surface area contributed by atoms with Crippen molar-refractivity contribution in [3.05, 3.63) is 59.3 Å². The van der Waals surface area contributed by atoms with Crippen molar-refractivity contribution in [2.24, 2.45) is 0 Å². The third-order valence-electron chi connectivity index (χ3n) is 4.84. The molecule has 2 aromatic heterocycles. The number of aromatic nitrogens is 2. The Morgan fingerprint density at radius 3 is 2.48 bits per heavy atom. The van der Waals surface area contributed by atoms with Gasteiger partial charge in [0.1, 0.15) is 11.5 Å². The minimum absolute atomic E-state index is 0.298. The summed E-state index contributed by atoms with van der Waals surface area (Å²) in [5.41, 5.74) is 3.79. The van der Waals surface area contributed by atoms with Crippen molar-refractivity contribution in [1.82, 2.24) is 19.9 Å². The minimum Gasteiger partial charge on any atom is -0.356 e. The summed E-state index contributed by atoms with van der Waals surface area (Å²) in [6.45, 7) is 7.68. The molecule has 0 unspecified atom stereocenters. The number of rotatable bonds is 4. The molecule has 0 aliphatic carbocycles. The van der Waals surface area contributed by atoms with Crippen molar-refractivity contribution in [3.63, 3.8) is 0 Å². The third kappa shape index (κ3) is 3.55. The van der Waals surface area contributed by atoms with Gasteiger partial charge in [-0.25, -0.2) is 4.39 Å². The summed E-state index contributed by atoms with van der Waals surface area (Å²) in [6, 6.07) is 8.67. The van der Waals surface area contributed by atoms with Crippen LogP contribution in [-0.2, 0) is 13.1 Å².